The maximum absolute atomic E-state index is 12.2. The highest BCUT2D eigenvalue weighted by Gasteiger charge is 2.14. The lowest BCUT2D eigenvalue weighted by Gasteiger charge is -2.06. The number of aromatic nitrogens is 1. The molecule has 0 aliphatic rings. The molecule has 1 amide bonds. The van der Waals surface area contributed by atoms with Gasteiger partial charge in [0, 0.05) is 11.9 Å². The minimum Gasteiger partial charge on any atom is -0.497 e. The second kappa shape index (κ2) is 7.38. The largest absolute Gasteiger partial charge is 0.497 e. The van der Waals surface area contributed by atoms with Gasteiger partial charge in [-0.25, -0.2) is 0 Å². The molecular weight excluding hydrogens is 316 g/mol. The number of hydrogen-bond donors (Lipinski definition) is 1. The van der Waals surface area contributed by atoms with E-state index in [9.17, 15) is 4.79 Å². The van der Waals surface area contributed by atoms with E-state index >= 15 is 0 Å². The molecule has 0 spiro atoms. The van der Waals surface area contributed by atoms with E-state index in [1.165, 1.54) is 0 Å². The summed E-state index contributed by atoms with van der Waals surface area (Å²) in [6.45, 7) is 4.61. The number of nitrogens with zero attached hydrogens (tertiary/aromatic N) is 1. The molecule has 2 aromatic carbocycles. The summed E-state index contributed by atoms with van der Waals surface area (Å²) in [6, 6.07) is 11.9. The molecule has 0 saturated heterocycles. The van der Waals surface area contributed by atoms with Gasteiger partial charge in [-0.15, -0.1) is 0 Å². The smallest absolute Gasteiger partial charge is 0.226 e. The van der Waals surface area contributed by atoms with Crippen molar-refractivity contribution >= 4 is 16.9 Å². The molecule has 0 bridgehead atoms. The Hall–Kier alpha value is -2.82. The van der Waals surface area contributed by atoms with Crippen molar-refractivity contribution in [3.05, 3.63) is 58.8 Å². The molecule has 0 saturated carbocycles. The fraction of sp³-hybridized carbons (Fsp3) is 0.300. The number of carbonyl (C=O) groups excluding carboxylic acids is 1. The lowest BCUT2D eigenvalue weighted by Crippen LogP contribution is -2.27. The predicted molar refractivity (Wildman–Crippen MR) is 96.9 cm³/mol. The van der Waals surface area contributed by atoms with Crippen LogP contribution in [0.3, 0.4) is 0 Å². The first-order valence-corrected chi connectivity index (χ1v) is 8.32. The predicted octanol–water partition coefficient (Wildman–Crippen LogP) is 3.35. The quantitative estimate of drug-likeness (QED) is 0.748. The van der Waals surface area contributed by atoms with Crippen LogP contribution in [0.4, 0.5) is 0 Å². The number of hydrogen-bond acceptors (Lipinski definition) is 4. The van der Waals surface area contributed by atoms with E-state index in [1.807, 2.05) is 44.2 Å². The van der Waals surface area contributed by atoms with Gasteiger partial charge >= 0.3 is 0 Å². The van der Waals surface area contributed by atoms with Crippen LogP contribution in [0.15, 0.2) is 40.9 Å². The lowest BCUT2D eigenvalue weighted by molar-refractivity contribution is -0.120. The molecular formula is C20H22N2O3. The van der Waals surface area contributed by atoms with Crippen LogP contribution in [0.1, 0.15) is 22.4 Å². The maximum atomic E-state index is 12.2. The fourth-order valence-electron chi connectivity index (χ4n) is 2.99. The van der Waals surface area contributed by atoms with Gasteiger partial charge in [-0.3, -0.25) is 4.79 Å². The van der Waals surface area contributed by atoms with Crippen molar-refractivity contribution in [3.8, 4) is 5.75 Å². The number of ether oxygens (including phenoxy) is 1. The Morgan fingerprint density at radius 1 is 1.20 bits per heavy atom. The average molecular weight is 338 g/mol. The topological polar surface area (TPSA) is 64.4 Å². The first kappa shape index (κ1) is 17.0. The molecule has 0 aliphatic carbocycles. The molecule has 130 valence electrons. The van der Waals surface area contributed by atoms with Gasteiger partial charge < -0.3 is 14.6 Å². The summed E-state index contributed by atoms with van der Waals surface area (Å²) < 4.78 is 10.5. The number of carbonyl (C=O) groups is 1. The Labute approximate surface area is 147 Å². The number of rotatable bonds is 6. The third-order valence-corrected chi connectivity index (χ3v) is 4.21. The zero-order valence-electron chi connectivity index (χ0n) is 14.8. The Kier molecular flexibility index (Phi) is 5.03. The van der Waals surface area contributed by atoms with Crippen molar-refractivity contribution in [1.29, 1.82) is 0 Å². The summed E-state index contributed by atoms with van der Waals surface area (Å²) >= 11 is 0. The highest BCUT2D eigenvalue weighted by molar-refractivity contribution is 5.88. The minimum atomic E-state index is -0.0521. The number of benzene rings is 2. The molecule has 1 aromatic heterocycles. The van der Waals surface area contributed by atoms with Crippen LogP contribution >= 0.6 is 0 Å². The van der Waals surface area contributed by atoms with E-state index in [2.05, 4.69) is 16.5 Å². The van der Waals surface area contributed by atoms with Crippen molar-refractivity contribution in [3.63, 3.8) is 0 Å². The van der Waals surface area contributed by atoms with Gasteiger partial charge in [0.05, 0.1) is 13.5 Å². The number of fused-ring (bicyclic) bond motifs is 1. The van der Waals surface area contributed by atoms with Crippen LogP contribution in [0.5, 0.6) is 5.75 Å². The van der Waals surface area contributed by atoms with Crippen LogP contribution in [0, 0.1) is 13.8 Å². The summed E-state index contributed by atoms with van der Waals surface area (Å²) in [5.41, 5.74) is 4.78. The van der Waals surface area contributed by atoms with E-state index < -0.39 is 0 Å². The van der Waals surface area contributed by atoms with Gasteiger partial charge in [0.25, 0.3) is 0 Å². The van der Waals surface area contributed by atoms with Gasteiger partial charge in [0.1, 0.15) is 11.4 Å². The van der Waals surface area contributed by atoms with E-state index in [1.54, 1.807) is 7.11 Å². The van der Waals surface area contributed by atoms with Gasteiger partial charge in [-0.05, 0) is 55.2 Å². The van der Waals surface area contributed by atoms with Gasteiger partial charge in [-0.1, -0.05) is 23.4 Å². The molecule has 0 unspecified atom stereocenters. The number of nitrogens with one attached hydrogen (secondary N) is 1. The van der Waals surface area contributed by atoms with Crippen molar-refractivity contribution in [2.75, 3.05) is 13.7 Å². The Morgan fingerprint density at radius 3 is 2.68 bits per heavy atom. The van der Waals surface area contributed by atoms with E-state index in [-0.39, 0.29) is 12.3 Å². The molecule has 0 fully saturated rings. The molecule has 0 radical (unpaired) electrons. The first-order valence-electron chi connectivity index (χ1n) is 8.32. The SMILES string of the molecule is COc1ccc(CCNC(=O)Cc2noc3cc(C)cc(C)c23)cc1. The molecule has 3 aromatic rings. The molecule has 5 nitrogen and oxygen atoms in total. The van der Waals surface area contributed by atoms with Gasteiger partial charge in [0.15, 0.2) is 5.58 Å². The molecule has 1 heterocycles. The van der Waals surface area contributed by atoms with Crippen LogP contribution in [-0.2, 0) is 17.6 Å². The maximum Gasteiger partial charge on any atom is 0.226 e. The molecule has 1 N–H and O–H groups in total. The van der Waals surface area contributed by atoms with Crippen LogP contribution in [0.2, 0.25) is 0 Å². The molecule has 3 rings (SSSR count). The highest BCUT2D eigenvalue weighted by atomic mass is 16.5. The van der Waals surface area contributed by atoms with Crippen LogP contribution in [-0.4, -0.2) is 24.7 Å². The summed E-state index contributed by atoms with van der Waals surface area (Å²) in [6.07, 6.45) is 0.993. The number of methoxy groups -OCH3 is 1. The number of aryl methyl sites for hydroxylation is 2. The normalized spacial score (nSPS) is 10.8. The zero-order valence-corrected chi connectivity index (χ0v) is 14.8. The summed E-state index contributed by atoms with van der Waals surface area (Å²) in [5.74, 6) is 0.778. The lowest BCUT2D eigenvalue weighted by atomic mass is 10.0. The van der Waals surface area contributed by atoms with E-state index in [4.69, 9.17) is 9.26 Å². The van der Waals surface area contributed by atoms with E-state index in [0.29, 0.717) is 12.2 Å². The standard InChI is InChI=1S/C20H22N2O3/c1-13-10-14(2)20-17(22-25-18(20)11-13)12-19(23)21-9-8-15-4-6-16(24-3)7-5-15/h4-7,10-11H,8-9,12H2,1-3H3,(H,21,23). The number of amides is 1. The Balaban J connectivity index is 1.57. The van der Waals surface area contributed by atoms with Crippen molar-refractivity contribution < 1.29 is 14.1 Å². The summed E-state index contributed by atoms with van der Waals surface area (Å²) in [7, 11) is 1.64. The minimum absolute atomic E-state index is 0.0521. The van der Waals surface area contributed by atoms with Crippen LogP contribution < -0.4 is 10.1 Å². The average Bonchev–Trinajstić information content (AvgIpc) is 2.98. The van der Waals surface area contributed by atoms with Crippen molar-refractivity contribution in [1.82, 2.24) is 10.5 Å². The van der Waals surface area contributed by atoms with E-state index in [0.717, 1.165) is 39.8 Å². The summed E-state index contributed by atoms with van der Waals surface area (Å²) in [5, 5.41) is 7.96. The third-order valence-electron chi connectivity index (χ3n) is 4.21. The van der Waals surface area contributed by atoms with Crippen molar-refractivity contribution in [2.45, 2.75) is 26.7 Å². The van der Waals surface area contributed by atoms with Gasteiger partial charge in [0.2, 0.25) is 5.91 Å². The summed E-state index contributed by atoms with van der Waals surface area (Å²) in [4.78, 5) is 12.2. The second-order valence-electron chi connectivity index (χ2n) is 6.21. The fourth-order valence-corrected chi connectivity index (χ4v) is 2.99. The molecule has 0 aliphatic heterocycles. The van der Waals surface area contributed by atoms with Crippen molar-refractivity contribution in [2.24, 2.45) is 0 Å². The molecule has 25 heavy (non-hydrogen) atoms. The third kappa shape index (κ3) is 3.99. The Morgan fingerprint density at radius 2 is 1.96 bits per heavy atom. The molecule has 0 atom stereocenters. The Bertz CT molecular complexity index is 882. The van der Waals surface area contributed by atoms with Crippen LogP contribution in [0.25, 0.3) is 11.0 Å². The second-order valence-corrected chi connectivity index (χ2v) is 6.21. The zero-order chi connectivity index (χ0) is 17.8. The van der Waals surface area contributed by atoms with Gasteiger partial charge in [-0.2, -0.15) is 0 Å². The monoisotopic (exact) mass is 338 g/mol. The highest BCUT2D eigenvalue weighted by Crippen LogP contribution is 2.24. The first-order chi connectivity index (χ1) is 12.1. The molecule has 5 heteroatoms.